The molecular formula is C13H16BrNO. The van der Waals surface area contributed by atoms with Crippen LogP contribution in [0.1, 0.15) is 19.4 Å². The number of nitrogens with one attached hydrogen (secondary N) is 1. The summed E-state index contributed by atoms with van der Waals surface area (Å²) in [5, 5.41) is 2.83. The fourth-order valence-electron chi connectivity index (χ4n) is 1.14. The van der Waals surface area contributed by atoms with Crippen molar-refractivity contribution in [2.24, 2.45) is 5.92 Å². The summed E-state index contributed by atoms with van der Waals surface area (Å²) in [4.78, 5) is 11.4. The average Bonchev–Trinajstić information content (AvgIpc) is 2.25. The predicted octanol–water partition coefficient (Wildman–Crippen LogP) is 3.23. The van der Waals surface area contributed by atoms with Crippen molar-refractivity contribution in [1.29, 1.82) is 0 Å². The van der Waals surface area contributed by atoms with Gasteiger partial charge in [0.15, 0.2) is 0 Å². The van der Waals surface area contributed by atoms with Gasteiger partial charge in [0.2, 0.25) is 5.91 Å². The molecule has 0 aliphatic carbocycles. The normalized spacial score (nSPS) is 11.0. The summed E-state index contributed by atoms with van der Waals surface area (Å²) in [6, 6.07) is 7.79. The van der Waals surface area contributed by atoms with Crippen molar-refractivity contribution < 1.29 is 4.79 Å². The monoisotopic (exact) mass is 281 g/mol. The maximum Gasteiger partial charge on any atom is 0.244 e. The van der Waals surface area contributed by atoms with Crippen LogP contribution in [0.4, 0.5) is 0 Å². The average molecular weight is 282 g/mol. The molecule has 0 spiro atoms. The maximum atomic E-state index is 11.4. The molecule has 0 radical (unpaired) electrons. The van der Waals surface area contributed by atoms with Gasteiger partial charge in [-0.3, -0.25) is 4.79 Å². The molecule has 16 heavy (non-hydrogen) atoms. The summed E-state index contributed by atoms with van der Waals surface area (Å²) in [7, 11) is 0. The van der Waals surface area contributed by atoms with Crippen molar-refractivity contribution in [1.82, 2.24) is 5.32 Å². The van der Waals surface area contributed by atoms with E-state index in [1.807, 2.05) is 24.3 Å². The van der Waals surface area contributed by atoms with Crippen molar-refractivity contribution in [3.8, 4) is 0 Å². The Morgan fingerprint density at radius 3 is 2.75 bits per heavy atom. The fraction of sp³-hybridized carbons (Fsp3) is 0.308. The van der Waals surface area contributed by atoms with E-state index >= 15 is 0 Å². The zero-order chi connectivity index (χ0) is 12.0. The lowest BCUT2D eigenvalue weighted by Gasteiger charge is -2.04. The summed E-state index contributed by atoms with van der Waals surface area (Å²) in [6.07, 6.45) is 3.36. The Morgan fingerprint density at radius 1 is 1.44 bits per heavy atom. The lowest BCUT2D eigenvalue weighted by atomic mass is 10.2. The lowest BCUT2D eigenvalue weighted by molar-refractivity contribution is -0.116. The molecule has 1 aromatic carbocycles. The second-order valence-electron chi connectivity index (χ2n) is 3.99. The van der Waals surface area contributed by atoms with Gasteiger partial charge in [-0.05, 0) is 23.6 Å². The fourth-order valence-corrected chi connectivity index (χ4v) is 1.56. The third-order valence-electron chi connectivity index (χ3n) is 2.00. The van der Waals surface area contributed by atoms with Gasteiger partial charge in [-0.2, -0.15) is 0 Å². The number of halogens is 1. The number of carbonyl (C=O) groups is 1. The first kappa shape index (κ1) is 13.0. The molecule has 0 fully saturated rings. The second kappa shape index (κ2) is 6.48. The van der Waals surface area contributed by atoms with Gasteiger partial charge in [0.05, 0.1) is 0 Å². The molecule has 0 aliphatic rings. The van der Waals surface area contributed by atoms with Crippen LogP contribution in [0.25, 0.3) is 6.08 Å². The number of hydrogen-bond acceptors (Lipinski definition) is 1. The van der Waals surface area contributed by atoms with Crippen LogP contribution in [-0.2, 0) is 4.79 Å². The van der Waals surface area contributed by atoms with E-state index in [1.165, 1.54) is 0 Å². The standard InChI is InChI=1S/C13H16BrNO/c1-10(2)9-15-13(16)8-7-11-5-3-4-6-12(11)14/h3-8,10H,9H2,1-2H3,(H,15,16)/b8-7-. The zero-order valence-corrected chi connectivity index (χ0v) is 11.1. The van der Waals surface area contributed by atoms with E-state index in [0.29, 0.717) is 12.5 Å². The molecule has 1 amide bonds. The molecule has 1 rings (SSSR count). The van der Waals surface area contributed by atoms with Crippen LogP contribution in [-0.4, -0.2) is 12.5 Å². The quantitative estimate of drug-likeness (QED) is 0.844. The maximum absolute atomic E-state index is 11.4. The molecule has 0 heterocycles. The van der Waals surface area contributed by atoms with Gasteiger partial charge < -0.3 is 5.32 Å². The summed E-state index contributed by atoms with van der Waals surface area (Å²) in [5.41, 5.74) is 1.00. The van der Waals surface area contributed by atoms with E-state index in [0.717, 1.165) is 10.0 Å². The first-order valence-electron chi connectivity index (χ1n) is 5.30. The van der Waals surface area contributed by atoms with Gasteiger partial charge in [0.25, 0.3) is 0 Å². The van der Waals surface area contributed by atoms with Crippen molar-refractivity contribution >= 4 is 27.9 Å². The largest absolute Gasteiger partial charge is 0.352 e. The van der Waals surface area contributed by atoms with E-state index in [2.05, 4.69) is 35.1 Å². The molecular weight excluding hydrogens is 266 g/mol. The van der Waals surface area contributed by atoms with Gasteiger partial charge in [-0.1, -0.05) is 48.0 Å². The minimum absolute atomic E-state index is 0.0514. The summed E-state index contributed by atoms with van der Waals surface area (Å²) < 4.78 is 0.989. The molecule has 0 atom stereocenters. The van der Waals surface area contributed by atoms with Crippen LogP contribution < -0.4 is 5.32 Å². The summed E-state index contributed by atoms with van der Waals surface area (Å²) in [6.45, 7) is 4.84. The van der Waals surface area contributed by atoms with Crippen LogP contribution >= 0.6 is 15.9 Å². The van der Waals surface area contributed by atoms with E-state index in [4.69, 9.17) is 0 Å². The van der Waals surface area contributed by atoms with E-state index < -0.39 is 0 Å². The van der Waals surface area contributed by atoms with Crippen LogP contribution in [0.2, 0.25) is 0 Å². The van der Waals surface area contributed by atoms with Gasteiger partial charge in [0.1, 0.15) is 0 Å². The van der Waals surface area contributed by atoms with E-state index in [9.17, 15) is 4.79 Å². The number of amides is 1. The van der Waals surface area contributed by atoms with Crippen molar-refractivity contribution in [2.45, 2.75) is 13.8 Å². The molecule has 0 bridgehead atoms. The van der Waals surface area contributed by atoms with Crippen LogP contribution in [0.15, 0.2) is 34.8 Å². The Bertz CT molecular complexity index is 385. The summed E-state index contributed by atoms with van der Waals surface area (Å²) in [5.74, 6) is 0.422. The highest BCUT2D eigenvalue weighted by Crippen LogP contribution is 2.16. The minimum Gasteiger partial charge on any atom is -0.352 e. The van der Waals surface area contributed by atoms with Crippen LogP contribution in [0, 0.1) is 5.92 Å². The molecule has 3 heteroatoms. The molecule has 1 aromatic rings. The Balaban J connectivity index is 2.54. The third kappa shape index (κ3) is 4.62. The van der Waals surface area contributed by atoms with Gasteiger partial charge in [0, 0.05) is 17.1 Å². The highest BCUT2D eigenvalue weighted by Gasteiger charge is 1.98. The van der Waals surface area contributed by atoms with Crippen molar-refractivity contribution in [3.63, 3.8) is 0 Å². The molecule has 1 N–H and O–H groups in total. The molecule has 0 unspecified atom stereocenters. The predicted molar refractivity (Wildman–Crippen MR) is 71.0 cm³/mol. The zero-order valence-electron chi connectivity index (χ0n) is 9.53. The first-order valence-corrected chi connectivity index (χ1v) is 6.09. The number of benzene rings is 1. The van der Waals surface area contributed by atoms with Crippen molar-refractivity contribution in [3.05, 3.63) is 40.4 Å². The number of carbonyl (C=O) groups excluding carboxylic acids is 1. The van der Waals surface area contributed by atoms with Crippen LogP contribution in [0.3, 0.4) is 0 Å². The number of hydrogen-bond donors (Lipinski definition) is 1. The minimum atomic E-state index is -0.0514. The molecule has 0 saturated heterocycles. The molecule has 0 saturated carbocycles. The Hall–Kier alpha value is -1.09. The first-order chi connectivity index (χ1) is 7.59. The number of rotatable bonds is 4. The van der Waals surface area contributed by atoms with Crippen molar-refractivity contribution in [2.75, 3.05) is 6.54 Å². The summed E-state index contributed by atoms with van der Waals surface area (Å²) >= 11 is 3.43. The molecule has 86 valence electrons. The van der Waals surface area contributed by atoms with E-state index in [1.54, 1.807) is 12.2 Å². The second-order valence-corrected chi connectivity index (χ2v) is 4.85. The topological polar surface area (TPSA) is 29.1 Å². The highest BCUT2D eigenvalue weighted by atomic mass is 79.9. The lowest BCUT2D eigenvalue weighted by Crippen LogP contribution is -2.25. The van der Waals surface area contributed by atoms with Gasteiger partial charge in [-0.25, -0.2) is 0 Å². The Morgan fingerprint density at radius 2 is 2.12 bits per heavy atom. The van der Waals surface area contributed by atoms with Crippen LogP contribution in [0.5, 0.6) is 0 Å². The van der Waals surface area contributed by atoms with Gasteiger partial charge in [-0.15, -0.1) is 0 Å². The Kier molecular flexibility index (Phi) is 5.26. The molecule has 2 nitrogen and oxygen atoms in total. The third-order valence-corrected chi connectivity index (χ3v) is 2.73. The molecule has 0 aromatic heterocycles. The van der Waals surface area contributed by atoms with Gasteiger partial charge >= 0.3 is 0 Å². The smallest absolute Gasteiger partial charge is 0.244 e. The van der Waals surface area contributed by atoms with E-state index in [-0.39, 0.29) is 5.91 Å². The SMILES string of the molecule is CC(C)CNC(=O)/C=C\c1ccccc1Br. The highest BCUT2D eigenvalue weighted by molar-refractivity contribution is 9.10. The Labute approximate surface area is 105 Å². The molecule has 0 aliphatic heterocycles.